The number of rotatable bonds is 2. The van der Waals surface area contributed by atoms with Crippen LogP contribution in [0.4, 0.5) is 0 Å². The molecule has 3 rings (SSSR count). The Morgan fingerprint density at radius 3 is 2.24 bits per heavy atom. The molecule has 3 aromatic heterocycles. The van der Waals surface area contributed by atoms with Crippen molar-refractivity contribution in [2.24, 2.45) is 14.1 Å². The third-order valence-corrected chi connectivity index (χ3v) is 2.59. The Kier molecular flexibility index (Phi) is 2.07. The lowest BCUT2D eigenvalue weighted by atomic mass is 10.2. The molecule has 0 spiro atoms. The van der Waals surface area contributed by atoms with Crippen LogP contribution in [-0.2, 0) is 14.1 Å². The van der Waals surface area contributed by atoms with Crippen LogP contribution in [0.3, 0.4) is 0 Å². The molecule has 0 aliphatic carbocycles. The summed E-state index contributed by atoms with van der Waals surface area (Å²) in [6, 6.07) is 1.99. The molecule has 6 heteroatoms. The summed E-state index contributed by atoms with van der Waals surface area (Å²) in [6.45, 7) is 0. The summed E-state index contributed by atoms with van der Waals surface area (Å²) >= 11 is 0. The van der Waals surface area contributed by atoms with Crippen molar-refractivity contribution in [2.75, 3.05) is 0 Å². The molecular weight excluding hydrogens is 216 g/mol. The number of nitrogens with zero attached hydrogens (tertiary/aromatic N) is 5. The maximum Gasteiger partial charge on any atom is 0.0958 e. The van der Waals surface area contributed by atoms with Crippen LogP contribution in [0.5, 0.6) is 0 Å². The standard InChI is InChI=1S/C11H12N6/c1-16-6-8(4-12-16)10-3-11(15-14-10)9-5-13-17(2)7-9/h3-7H,1-2H3,(H,14,15). The fraction of sp³-hybridized carbons (Fsp3) is 0.182. The van der Waals surface area contributed by atoms with Gasteiger partial charge in [-0.3, -0.25) is 14.5 Å². The summed E-state index contributed by atoms with van der Waals surface area (Å²) in [5.41, 5.74) is 3.86. The normalized spacial score (nSPS) is 10.9. The van der Waals surface area contributed by atoms with Gasteiger partial charge in [0.1, 0.15) is 0 Å². The Bertz CT molecular complexity index is 590. The molecular formula is C11H12N6. The SMILES string of the molecule is Cn1cc(-c2cc(-c3cnn(C)c3)[nH]n2)cn1. The molecule has 0 saturated carbocycles. The Labute approximate surface area is 97.9 Å². The molecule has 0 aliphatic rings. The topological polar surface area (TPSA) is 64.3 Å². The van der Waals surface area contributed by atoms with Crippen LogP contribution < -0.4 is 0 Å². The molecule has 0 radical (unpaired) electrons. The van der Waals surface area contributed by atoms with Gasteiger partial charge in [0.05, 0.1) is 23.8 Å². The first kappa shape index (κ1) is 9.83. The molecule has 3 aromatic rings. The number of aryl methyl sites for hydroxylation is 2. The molecule has 0 fully saturated rings. The number of nitrogens with one attached hydrogen (secondary N) is 1. The van der Waals surface area contributed by atoms with E-state index >= 15 is 0 Å². The summed E-state index contributed by atoms with van der Waals surface area (Å²) in [5, 5.41) is 15.5. The molecule has 17 heavy (non-hydrogen) atoms. The molecule has 86 valence electrons. The monoisotopic (exact) mass is 228 g/mol. The van der Waals surface area contributed by atoms with Gasteiger partial charge in [-0.05, 0) is 6.07 Å². The van der Waals surface area contributed by atoms with Gasteiger partial charge in [0, 0.05) is 37.6 Å². The van der Waals surface area contributed by atoms with E-state index in [0.717, 1.165) is 22.5 Å². The molecule has 1 N–H and O–H groups in total. The van der Waals surface area contributed by atoms with E-state index in [0.29, 0.717) is 0 Å². The van der Waals surface area contributed by atoms with Gasteiger partial charge in [-0.15, -0.1) is 0 Å². The van der Waals surface area contributed by atoms with Crippen LogP contribution in [0.25, 0.3) is 22.5 Å². The number of hydrogen-bond donors (Lipinski definition) is 1. The van der Waals surface area contributed by atoms with Gasteiger partial charge >= 0.3 is 0 Å². The summed E-state index contributed by atoms with van der Waals surface area (Å²) in [7, 11) is 3.78. The van der Waals surface area contributed by atoms with Gasteiger partial charge in [-0.2, -0.15) is 15.3 Å². The van der Waals surface area contributed by atoms with Gasteiger partial charge < -0.3 is 0 Å². The number of H-pyrrole nitrogens is 1. The second-order valence-electron chi connectivity index (χ2n) is 3.97. The quantitative estimate of drug-likeness (QED) is 0.717. The number of hydrogen-bond acceptors (Lipinski definition) is 3. The zero-order valence-electron chi connectivity index (χ0n) is 9.62. The first-order chi connectivity index (χ1) is 8.22. The van der Waals surface area contributed by atoms with Crippen LogP contribution in [0.1, 0.15) is 0 Å². The molecule has 0 atom stereocenters. The van der Waals surface area contributed by atoms with Crippen LogP contribution in [0.2, 0.25) is 0 Å². The molecule has 0 bridgehead atoms. The lowest BCUT2D eigenvalue weighted by Gasteiger charge is -1.87. The average Bonchev–Trinajstić information content (AvgIpc) is 2.96. The lowest BCUT2D eigenvalue weighted by molar-refractivity contribution is 0.768. The minimum Gasteiger partial charge on any atom is -0.277 e. The molecule has 0 aromatic carbocycles. The first-order valence-corrected chi connectivity index (χ1v) is 5.26. The summed E-state index contributed by atoms with van der Waals surface area (Å²) < 4.78 is 3.52. The Morgan fingerprint density at radius 1 is 1.00 bits per heavy atom. The predicted molar refractivity (Wildman–Crippen MR) is 63.0 cm³/mol. The summed E-state index contributed by atoms with van der Waals surface area (Å²) in [4.78, 5) is 0. The number of aromatic nitrogens is 6. The second kappa shape index (κ2) is 3.58. The van der Waals surface area contributed by atoms with E-state index in [1.807, 2.05) is 32.6 Å². The van der Waals surface area contributed by atoms with E-state index in [1.165, 1.54) is 0 Å². The third-order valence-electron chi connectivity index (χ3n) is 2.59. The highest BCUT2D eigenvalue weighted by Gasteiger charge is 2.08. The van der Waals surface area contributed by atoms with E-state index in [1.54, 1.807) is 21.8 Å². The van der Waals surface area contributed by atoms with Crippen molar-refractivity contribution in [2.45, 2.75) is 0 Å². The largest absolute Gasteiger partial charge is 0.277 e. The van der Waals surface area contributed by atoms with Crippen molar-refractivity contribution >= 4 is 0 Å². The van der Waals surface area contributed by atoms with Crippen LogP contribution in [-0.4, -0.2) is 29.8 Å². The highest BCUT2D eigenvalue weighted by molar-refractivity contribution is 5.66. The highest BCUT2D eigenvalue weighted by Crippen LogP contribution is 2.22. The van der Waals surface area contributed by atoms with Crippen molar-refractivity contribution in [1.29, 1.82) is 0 Å². The fourth-order valence-corrected chi connectivity index (χ4v) is 1.73. The van der Waals surface area contributed by atoms with Crippen LogP contribution >= 0.6 is 0 Å². The predicted octanol–water partition coefficient (Wildman–Crippen LogP) is 1.21. The van der Waals surface area contributed by atoms with E-state index < -0.39 is 0 Å². The van der Waals surface area contributed by atoms with Crippen molar-refractivity contribution < 1.29 is 0 Å². The van der Waals surface area contributed by atoms with Crippen LogP contribution in [0, 0.1) is 0 Å². The summed E-state index contributed by atoms with van der Waals surface area (Å²) in [6.07, 6.45) is 7.48. The van der Waals surface area contributed by atoms with Crippen molar-refractivity contribution in [3.05, 3.63) is 30.9 Å². The Hall–Kier alpha value is -2.37. The maximum atomic E-state index is 4.27. The maximum absolute atomic E-state index is 4.27. The molecule has 6 nitrogen and oxygen atoms in total. The fourth-order valence-electron chi connectivity index (χ4n) is 1.73. The van der Waals surface area contributed by atoms with Crippen molar-refractivity contribution in [3.63, 3.8) is 0 Å². The minimum atomic E-state index is 0.886. The molecule has 0 aliphatic heterocycles. The zero-order valence-corrected chi connectivity index (χ0v) is 9.62. The van der Waals surface area contributed by atoms with Gasteiger partial charge in [-0.1, -0.05) is 0 Å². The van der Waals surface area contributed by atoms with E-state index in [-0.39, 0.29) is 0 Å². The third kappa shape index (κ3) is 1.73. The first-order valence-electron chi connectivity index (χ1n) is 5.26. The summed E-state index contributed by atoms with van der Waals surface area (Å²) in [5.74, 6) is 0. The van der Waals surface area contributed by atoms with Gasteiger partial charge in [0.2, 0.25) is 0 Å². The van der Waals surface area contributed by atoms with E-state index in [2.05, 4.69) is 20.4 Å². The van der Waals surface area contributed by atoms with E-state index in [4.69, 9.17) is 0 Å². The van der Waals surface area contributed by atoms with Gasteiger partial charge in [0.15, 0.2) is 0 Å². The lowest BCUT2D eigenvalue weighted by Crippen LogP contribution is -1.84. The molecule has 0 saturated heterocycles. The molecule has 0 unspecified atom stereocenters. The second-order valence-corrected chi connectivity index (χ2v) is 3.97. The van der Waals surface area contributed by atoms with Gasteiger partial charge in [0.25, 0.3) is 0 Å². The van der Waals surface area contributed by atoms with Crippen molar-refractivity contribution in [3.8, 4) is 22.5 Å². The Morgan fingerprint density at radius 2 is 1.65 bits per heavy atom. The zero-order chi connectivity index (χ0) is 11.8. The molecule has 0 amide bonds. The van der Waals surface area contributed by atoms with E-state index in [9.17, 15) is 0 Å². The highest BCUT2D eigenvalue weighted by atomic mass is 15.2. The molecule has 3 heterocycles. The smallest absolute Gasteiger partial charge is 0.0958 e. The Balaban J connectivity index is 1.98. The number of aromatic amines is 1. The minimum absolute atomic E-state index is 0.886. The van der Waals surface area contributed by atoms with Gasteiger partial charge in [-0.25, -0.2) is 0 Å². The van der Waals surface area contributed by atoms with Crippen molar-refractivity contribution in [1.82, 2.24) is 29.8 Å². The average molecular weight is 228 g/mol. The van der Waals surface area contributed by atoms with Crippen LogP contribution in [0.15, 0.2) is 30.9 Å².